The largest absolute Gasteiger partial charge is 0.466 e. The second kappa shape index (κ2) is 5.96. The average molecular weight is 348 g/mol. The number of aldehydes is 1. The van der Waals surface area contributed by atoms with Crippen LogP contribution in [0.1, 0.15) is 15.9 Å². The van der Waals surface area contributed by atoms with Crippen molar-refractivity contribution in [2.75, 3.05) is 7.11 Å². The number of hydrogen-bond donors (Lipinski definition) is 0. The predicted molar refractivity (Wildman–Crippen MR) is 68.3 cm³/mol. The second-order valence-corrected chi connectivity index (χ2v) is 4.58. The van der Waals surface area contributed by atoms with Crippen molar-refractivity contribution in [3.8, 4) is 0 Å². The predicted octanol–water partition coefficient (Wildman–Crippen LogP) is 3.21. The number of carbonyl (C=O) groups is 2. The minimum atomic E-state index is -0.462. The summed E-state index contributed by atoms with van der Waals surface area (Å²) in [6, 6.07) is 3.42. The van der Waals surface area contributed by atoms with E-state index in [0.29, 0.717) is 11.1 Å². The summed E-state index contributed by atoms with van der Waals surface area (Å²) in [5.74, 6) is -0.462. The van der Waals surface area contributed by atoms with Crippen LogP contribution in [0.2, 0.25) is 0 Å². The molecule has 3 nitrogen and oxygen atoms in total. The van der Waals surface area contributed by atoms with E-state index < -0.39 is 5.97 Å². The smallest absolute Gasteiger partial charge is 0.330 e. The molecule has 0 radical (unpaired) electrons. The van der Waals surface area contributed by atoms with Gasteiger partial charge in [-0.25, -0.2) is 4.79 Å². The molecule has 0 aromatic heterocycles. The normalized spacial score (nSPS) is 10.4. The SMILES string of the molecule is COC(=O)/C=C/c1cc(Br)c(Br)cc1C=O. The molecule has 0 aliphatic heterocycles. The molecule has 0 unspecified atom stereocenters. The lowest BCUT2D eigenvalue weighted by Gasteiger charge is -2.02. The van der Waals surface area contributed by atoms with Crippen molar-refractivity contribution in [2.45, 2.75) is 0 Å². The highest BCUT2D eigenvalue weighted by atomic mass is 79.9. The lowest BCUT2D eigenvalue weighted by atomic mass is 10.1. The van der Waals surface area contributed by atoms with E-state index in [1.165, 1.54) is 19.3 Å². The first-order valence-electron chi connectivity index (χ1n) is 4.28. The van der Waals surface area contributed by atoms with Gasteiger partial charge in [-0.05, 0) is 55.6 Å². The van der Waals surface area contributed by atoms with Crippen LogP contribution in [0.5, 0.6) is 0 Å². The van der Waals surface area contributed by atoms with Gasteiger partial charge in [0.25, 0.3) is 0 Å². The number of carbonyl (C=O) groups excluding carboxylic acids is 2. The molecule has 0 bridgehead atoms. The maximum absolute atomic E-state index is 10.9. The van der Waals surface area contributed by atoms with E-state index in [1.54, 1.807) is 12.1 Å². The molecular formula is C11H8Br2O3. The van der Waals surface area contributed by atoms with Crippen LogP contribution in [0, 0.1) is 0 Å². The summed E-state index contributed by atoms with van der Waals surface area (Å²) in [6.07, 6.45) is 3.53. The second-order valence-electron chi connectivity index (χ2n) is 2.87. The van der Waals surface area contributed by atoms with Gasteiger partial charge in [-0.3, -0.25) is 4.79 Å². The van der Waals surface area contributed by atoms with Gasteiger partial charge in [-0.15, -0.1) is 0 Å². The summed E-state index contributed by atoms with van der Waals surface area (Å²) < 4.78 is 6.05. The zero-order valence-corrected chi connectivity index (χ0v) is 11.5. The van der Waals surface area contributed by atoms with Crippen molar-refractivity contribution >= 4 is 50.2 Å². The number of methoxy groups -OCH3 is 1. The first-order valence-corrected chi connectivity index (χ1v) is 5.87. The molecule has 1 rings (SSSR count). The molecule has 0 fully saturated rings. The van der Waals surface area contributed by atoms with Crippen LogP contribution in [0.15, 0.2) is 27.2 Å². The van der Waals surface area contributed by atoms with Gasteiger partial charge in [0, 0.05) is 20.6 Å². The van der Waals surface area contributed by atoms with Gasteiger partial charge >= 0.3 is 5.97 Å². The Labute approximate surface area is 110 Å². The van der Waals surface area contributed by atoms with E-state index in [2.05, 4.69) is 36.6 Å². The Morgan fingerprint density at radius 1 is 1.25 bits per heavy atom. The van der Waals surface area contributed by atoms with Gasteiger partial charge in [0.1, 0.15) is 0 Å². The van der Waals surface area contributed by atoms with Gasteiger partial charge in [-0.1, -0.05) is 0 Å². The minimum absolute atomic E-state index is 0.462. The summed E-state index contributed by atoms with van der Waals surface area (Å²) in [4.78, 5) is 21.7. The molecule has 16 heavy (non-hydrogen) atoms. The van der Waals surface area contributed by atoms with E-state index in [1.807, 2.05) is 0 Å². The van der Waals surface area contributed by atoms with Crippen molar-refractivity contribution in [3.63, 3.8) is 0 Å². The Balaban J connectivity index is 3.12. The number of ether oxygens (including phenoxy) is 1. The van der Waals surface area contributed by atoms with Crippen LogP contribution in [-0.2, 0) is 9.53 Å². The fraction of sp³-hybridized carbons (Fsp3) is 0.0909. The van der Waals surface area contributed by atoms with Crippen molar-refractivity contribution in [1.29, 1.82) is 0 Å². The van der Waals surface area contributed by atoms with Crippen LogP contribution in [0.4, 0.5) is 0 Å². The summed E-state index contributed by atoms with van der Waals surface area (Å²) in [6.45, 7) is 0. The zero-order valence-electron chi connectivity index (χ0n) is 8.37. The monoisotopic (exact) mass is 346 g/mol. The van der Waals surface area contributed by atoms with Crippen molar-refractivity contribution < 1.29 is 14.3 Å². The molecule has 0 saturated carbocycles. The van der Waals surface area contributed by atoms with Gasteiger partial charge in [0.2, 0.25) is 0 Å². The maximum atomic E-state index is 10.9. The molecule has 0 spiro atoms. The topological polar surface area (TPSA) is 43.4 Å². The summed E-state index contributed by atoms with van der Waals surface area (Å²) >= 11 is 6.61. The van der Waals surface area contributed by atoms with E-state index in [0.717, 1.165) is 15.2 Å². The summed E-state index contributed by atoms with van der Waals surface area (Å²) in [5, 5.41) is 0. The molecule has 84 valence electrons. The third kappa shape index (κ3) is 3.28. The Hall–Kier alpha value is -0.940. The average Bonchev–Trinajstić information content (AvgIpc) is 2.29. The third-order valence-corrected chi connectivity index (χ3v) is 3.70. The molecule has 5 heteroatoms. The van der Waals surface area contributed by atoms with Crippen molar-refractivity contribution in [3.05, 3.63) is 38.3 Å². The highest BCUT2D eigenvalue weighted by molar-refractivity contribution is 9.13. The Morgan fingerprint density at radius 3 is 2.31 bits per heavy atom. The fourth-order valence-corrected chi connectivity index (χ4v) is 1.77. The quantitative estimate of drug-likeness (QED) is 0.479. The lowest BCUT2D eigenvalue weighted by molar-refractivity contribution is -0.134. The van der Waals surface area contributed by atoms with Crippen LogP contribution < -0.4 is 0 Å². The molecule has 1 aromatic carbocycles. The lowest BCUT2D eigenvalue weighted by Crippen LogP contribution is -1.94. The van der Waals surface area contributed by atoms with Crippen LogP contribution >= 0.6 is 31.9 Å². The Bertz CT molecular complexity index is 453. The molecule has 1 aromatic rings. The van der Waals surface area contributed by atoms with Gasteiger partial charge in [0.05, 0.1) is 7.11 Å². The molecular weight excluding hydrogens is 340 g/mol. The number of rotatable bonds is 3. The number of esters is 1. The van der Waals surface area contributed by atoms with Crippen LogP contribution in [0.3, 0.4) is 0 Å². The minimum Gasteiger partial charge on any atom is -0.466 e. The summed E-state index contributed by atoms with van der Waals surface area (Å²) in [5.41, 5.74) is 1.14. The number of halogens is 2. The highest BCUT2D eigenvalue weighted by Crippen LogP contribution is 2.26. The molecule has 0 amide bonds. The molecule has 0 atom stereocenters. The fourth-order valence-electron chi connectivity index (χ4n) is 1.05. The Morgan fingerprint density at radius 2 is 1.81 bits per heavy atom. The molecule has 0 aliphatic rings. The zero-order chi connectivity index (χ0) is 12.1. The molecule has 0 heterocycles. The Kier molecular flexibility index (Phi) is 4.89. The van der Waals surface area contributed by atoms with Gasteiger partial charge < -0.3 is 4.74 Å². The molecule has 0 saturated heterocycles. The number of hydrogen-bond acceptors (Lipinski definition) is 3. The maximum Gasteiger partial charge on any atom is 0.330 e. The number of benzene rings is 1. The van der Waals surface area contributed by atoms with Gasteiger partial charge in [0.15, 0.2) is 6.29 Å². The first kappa shape index (κ1) is 13.1. The van der Waals surface area contributed by atoms with E-state index >= 15 is 0 Å². The first-order chi connectivity index (χ1) is 7.58. The molecule has 0 N–H and O–H groups in total. The van der Waals surface area contributed by atoms with Crippen molar-refractivity contribution in [1.82, 2.24) is 0 Å². The standard InChI is InChI=1S/C11H8Br2O3/c1-16-11(15)3-2-7-4-9(12)10(13)5-8(7)6-14/h2-6H,1H3/b3-2+. The highest BCUT2D eigenvalue weighted by Gasteiger charge is 2.04. The van der Waals surface area contributed by atoms with E-state index in [9.17, 15) is 9.59 Å². The van der Waals surface area contributed by atoms with Crippen molar-refractivity contribution in [2.24, 2.45) is 0 Å². The summed E-state index contributed by atoms with van der Waals surface area (Å²) in [7, 11) is 1.30. The van der Waals surface area contributed by atoms with Crippen LogP contribution in [-0.4, -0.2) is 19.4 Å². The van der Waals surface area contributed by atoms with E-state index in [-0.39, 0.29) is 0 Å². The van der Waals surface area contributed by atoms with E-state index in [4.69, 9.17) is 0 Å². The van der Waals surface area contributed by atoms with Crippen LogP contribution in [0.25, 0.3) is 6.08 Å². The third-order valence-electron chi connectivity index (χ3n) is 1.85. The molecule has 0 aliphatic carbocycles. The van der Waals surface area contributed by atoms with Gasteiger partial charge in [-0.2, -0.15) is 0 Å².